The fraction of sp³-hybridized carbons (Fsp3) is 0.300. The van der Waals surface area contributed by atoms with Gasteiger partial charge in [0, 0.05) is 6.54 Å². The monoisotopic (exact) mass is 371 g/mol. The summed E-state index contributed by atoms with van der Waals surface area (Å²) in [6.07, 6.45) is -0.924. The number of ether oxygens (including phenoxy) is 4. The normalized spacial score (nSPS) is 13.0. The van der Waals surface area contributed by atoms with Gasteiger partial charge in [-0.2, -0.15) is 0 Å². The van der Waals surface area contributed by atoms with Crippen molar-refractivity contribution in [3.8, 4) is 17.2 Å². The van der Waals surface area contributed by atoms with Crippen LogP contribution in [-0.2, 0) is 20.9 Å². The summed E-state index contributed by atoms with van der Waals surface area (Å²) in [6, 6.07) is 12.8. The number of amides is 1. The topological polar surface area (TPSA) is 83.1 Å². The van der Waals surface area contributed by atoms with Crippen LogP contribution in [0.5, 0.6) is 17.2 Å². The number of hydrogen-bond acceptors (Lipinski definition) is 6. The fourth-order valence-electron chi connectivity index (χ4n) is 2.52. The Morgan fingerprint density at radius 1 is 1.15 bits per heavy atom. The van der Waals surface area contributed by atoms with Crippen molar-refractivity contribution in [2.24, 2.45) is 0 Å². The van der Waals surface area contributed by atoms with Crippen molar-refractivity contribution in [2.45, 2.75) is 26.5 Å². The van der Waals surface area contributed by atoms with E-state index >= 15 is 0 Å². The molecule has 1 N–H and O–H groups in total. The van der Waals surface area contributed by atoms with Gasteiger partial charge in [0.2, 0.25) is 6.79 Å². The molecule has 0 unspecified atom stereocenters. The highest BCUT2D eigenvalue weighted by Gasteiger charge is 2.19. The van der Waals surface area contributed by atoms with Crippen molar-refractivity contribution in [3.05, 3.63) is 53.6 Å². The maximum absolute atomic E-state index is 12.1. The van der Waals surface area contributed by atoms with Gasteiger partial charge in [0.1, 0.15) is 5.75 Å². The summed E-state index contributed by atoms with van der Waals surface area (Å²) >= 11 is 0. The molecule has 0 radical (unpaired) electrons. The molecule has 1 atom stereocenters. The van der Waals surface area contributed by atoms with Gasteiger partial charge < -0.3 is 24.3 Å². The molecule has 142 valence electrons. The minimum absolute atomic E-state index is 0.197. The summed E-state index contributed by atoms with van der Waals surface area (Å²) in [5, 5.41) is 2.72. The van der Waals surface area contributed by atoms with E-state index in [2.05, 4.69) is 5.32 Å². The van der Waals surface area contributed by atoms with Crippen molar-refractivity contribution in [3.63, 3.8) is 0 Å². The SMILES string of the molecule is Cc1ccccc1OCC(=O)O[C@@H](C)C(=O)NCc1ccc2c(c1)OCO2. The van der Waals surface area contributed by atoms with Crippen LogP contribution in [0, 0.1) is 6.92 Å². The van der Waals surface area contributed by atoms with Crippen LogP contribution < -0.4 is 19.5 Å². The summed E-state index contributed by atoms with van der Waals surface area (Å²) in [6.45, 7) is 3.62. The van der Waals surface area contributed by atoms with Crippen LogP contribution in [0.1, 0.15) is 18.1 Å². The maximum Gasteiger partial charge on any atom is 0.344 e. The van der Waals surface area contributed by atoms with Crippen molar-refractivity contribution in [2.75, 3.05) is 13.4 Å². The molecule has 0 aliphatic carbocycles. The summed E-state index contributed by atoms with van der Waals surface area (Å²) < 4.78 is 21.1. The molecule has 1 amide bonds. The van der Waals surface area contributed by atoms with Gasteiger partial charge in [-0.15, -0.1) is 0 Å². The van der Waals surface area contributed by atoms with E-state index in [0.717, 1.165) is 11.1 Å². The van der Waals surface area contributed by atoms with Crippen LogP contribution in [0.4, 0.5) is 0 Å². The second kappa shape index (κ2) is 8.44. The third-order valence-electron chi connectivity index (χ3n) is 4.02. The van der Waals surface area contributed by atoms with Crippen molar-refractivity contribution >= 4 is 11.9 Å². The lowest BCUT2D eigenvalue weighted by Crippen LogP contribution is -2.36. The summed E-state index contributed by atoms with van der Waals surface area (Å²) in [5.41, 5.74) is 1.77. The van der Waals surface area contributed by atoms with Crippen LogP contribution in [0.15, 0.2) is 42.5 Å². The lowest BCUT2D eigenvalue weighted by Gasteiger charge is -2.14. The number of carbonyl (C=O) groups is 2. The zero-order chi connectivity index (χ0) is 19.2. The van der Waals surface area contributed by atoms with Crippen molar-refractivity contribution in [1.29, 1.82) is 0 Å². The summed E-state index contributed by atoms with van der Waals surface area (Å²) in [7, 11) is 0. The van der Waals surface area contributed by atoms with E-state index in [9.17, 15) is 9.59 Å². The summed E-state index contributed by atoms with van der Waals surface area (Å²) in [5.74, 6) is 0.936. The van der Waals surface area contributed by atoms with E-state index in [1.807, 2.05) is 31.2 Å². The quantitative estimate of drug-likeness (QED) is 0.753. The van der Waals surface area contributed by atoms with E-state index in [0.29, 0.717) is 17.2 Å². The molecule has 0 saturated carbocycles. The predicted molar refractivity (Wildman–Crippen MR) is 96.6 cm³/mol. The molecule has 0 fully saturated rings. The molecule has 1 heterocycles. The zero-order valence-corrected chi connectivity index (χ0v) is 15.2. The molecular weight excluding hydrogens is 350 g/mol. The van der Waals surface area contributed by atoms with Crippen molar-refractivity contribution in [1.82, 2.24) is 5.32 Å². The van der Waals surface area contributed by atoms with Crippen LogP contribution in [-0.4, -0.2) is 31.4 Å². The van der Waals surface area contributed by atoms with Gasteiger partial charge in [0.15, 0.2) is 24.2 Å². The number of benzene rings is 2. The molecule has 0 bridgehead atoms. The molecule has 1 aliphatic rings. The Kier molecular flexibility index (Phi) is 5.80. The van der Waals surface area contributed by atoms with Crippen LogP contribution >= 0.6 is 0 Å². The first-order valence-electron chi connectivity index (χ1n) is 8.57. The van der Waals surface area contributed by atoms with Gasteiger partial charge >= 0.3 is 5.97 Å². The van der Waals surface area contributed by atoms with E-state index < -0.39 is 18.0 Å². The highest BCUT2D eigenvalue weighted by atomic mass is 16.7. The number of carbonyl (C=O) groups excluding carboxylic acids is 2. The predicted octanol–water partition coefficient (Wildman–Crippen LogP) is 2.35. The third kappa shape index (κ3) is 4.91. The minimum atomic E-state index is -0.924. The molecule has 0 spiro atoms. The Hall–Kier alpha value is -3.22. The lowest BCUT2D eigenvalue weighted by atomic mass is 10.2. The van der Waals surface area contributed by atoms with Crippen LogP contribution in [0.3, 0.4) is 0 Å². The maximum atomic E-state index is 12.1. The van der Waals surface area contributed by atoms with Gasteiger partial charge in [-0.25, -0.2) is 4.79 Å². The number of fused-ring (bicyclic) bond motifs is 1. The van der Waals surface area contributed by atoms with E-state index in [1.165, 1.54) is 6.92 Å². The Morgan fingerprint density at radius 2 is 1.93 bits per heavy atom. The van der Waals surface area contributed by atoms with E-state index in [1.54, 1.807) is 18.2 Å². The van der Waals surface area contributed by atoms with Gasteiger partial charge in [0.05, 0.1) is 0 Å². The second-order valence-electron chi connectivity index (χ2n) is 6.09. The number of hydrogen-bond donors (Lipinski definition) is 1. The molecule has 0 saturated heterocycles. The number of esters is 1. The first-order chi connectivity index (χ1) is 13.0. The average Bonchev–Trinajstić information content (AvgIpc) is 3.13. The van der Waals surface area contributed by atoms with E-state index in [-0.39, 0.29) is 19.9 Å². The molecule has 3 rings (SSSR count). The van der Waals surface area contributed by atoms with Gasteiger partial charge in [-0.1, -0.05) is 24.3 Å². The Morgan fingerprint density at radius 3 is 2.74 bits per heavy atom. The van der Waals surface area contributed by atoms with Crippen LogP contribution in [0.25, 0.3) is 0 Å². The third-order valence-corrected chi connectivity index (χ3v) is 4.02. The van der Waals surface area contributed by atoms with Gasteiger partial charge in [-0.3, -0.25) is 4.79 Å². The van der Waals surface area contributed by atoms with Gasteiger partial charge in [0.25, 0.3) is 5.91 Å². The number of rotatable bonds is 7. The van der Waals surface area contributed by atoms with Gasteiger partial charge in [-0.05, 0) is 43.2 Å². The standard InChI is InChI=1S/C20H21NO6/c1-13-5-3-4-6-16(13)24-11-19(22)27-14(2)20(23)21-10-15-7-8-17-18(9-15)26-12-25-17/h3-9,14H,10-12H2,1-2H3,(H,21,23)/t14-/m0/s1. The highest BCUT2D eigenvalue weighted by molar-refractivity contribution is 5.83. The molecule has 7 nitrogen and oxygen atoms in total. The fourth-order valence-corrected chi connectivity index (χ4v) is 2.52. The Labute approximate surface area is 157 Å². The number of nitrogens with one attached hydrogen (secondary N) is 1. The molecule has 1 aliphatic heterocycles. The Balaban J connectivity index is 1.43. The minimum Gasteiger partial charge on any atom is -0.482 e. The molecule has 7 heteroatoms. The first-order valence-corrected chi connectivity index (χ1v) is 8.57. The molecule has 0 aromatic heterocycles. The molecule has 2 aromatic carbocycles. The zero-order valence-electron chi connectivity index (χ0n) is 15.2. The first kappa shape index (κ1) is 18.6. The second-order valence-corrected chi connectivity index (χ2v) is 6.09. The Bertz CT molecular complexity index is 835. The average molecular weight is 371 g/mol. The number of aryl methyl sites for hydroxylation is 1. The largest absolute Gasteiger partial charge is 0.482 e. The summed E-state index contributed by atoms with van der Waals surface area (Å²) in [4.78, 5) is 24.0. The molecule has 27 heavy (non-hydrogen) atoms. The number of para-hydroxylation sites is 1. The highest BCUT2D eigenvalue weighted by Crippen LogP contribution is 2.32. The van der Waals surface area contributed by atoms with Crippen LogP contribution in [0.2, 0.25) is 0 Å². The van der Waals surface area contributed by atoms with Crippen molar-refractivity contribution < 1.29 is 28.5 Å². The smallest absolute Gasteiger partial charge is 0.344 e. The molecule has 2 aromatic rings. The lowest BCUT2D eigenvalue weighted by molar-refractivity contribution is -0.156. The molecular formula is C20H21NO6. The van der Waals surface area contributed by atoms with E-state index in [4.69, 9.17) is 18.9 Å².